The molecule has 0 fully saturated rings. The Morgan fingerprint density at radius 3 is 2.81 bits per heavy atom. The van der Waals surface area contributed by atoms with Gasteiger partial charge in [-0.05, 0) is 24.1 Å². The Morgan fingerprint density at radius 1 is 1.38 bits per heavy atom. The van der Waals surface area contributed by atoms with Gasteiger partial charge in [-0.15, -0.1) is 0 Å². The Kier molecular flexibility index (Phi) is 4.60. The van der Waals surface area contributed by atoms with Crippen LogP contribution >= 0.6 is 0 Å². The van der Waals surface area contributed by atoms with Crippen molar-refractivity contribution >= 4 is 6.08 Å². The smallest absolute Gasteiger partial charge is 0.430 e. The summed E-state index contributed by atoms with van der Waals surface area (Å²) in [5.41, 5.74) is -0.648. The van der Waals surface area contributed by atoms with Gasteiger partial charge < -0.3 is 9.47 Å². The van der Waals surface area contributed by atoms with Gasteiger partial charge in [-0.25, -0.2) is 4.39 Å². The minimum atomic E-state index is -3.69. The van der Waals surface area contributed by atoms with Gasteiger partial charge in [0.1, 0.15) is 17.9 Å². The second-order valence-corrected chi connectivity index (χ2v) is 4.77. The molecule has 5 heteroatoms. The lowest BCUT2D eigenvalue weighted by Gasteiger charge is -2.27. The molecule has 1 aromatic carbocycles. The van der Waals surface area contributed by atoms with Crippen LogP contribution in [0.15, 0.2) is 30.5 Å². The summed E-state index contributed by atoms with van der Waals surface area (Å²) in [6.45, 7) is 5.43. The zero-order chi connectivity index (χ0) is 15.5. The van der Waals surface area contributed by atoms with E-state index in [2.05, 4.69) is 11.3 Å². The topological polar surface area (TPSA) is 18.5 Å². The summed E-state index contributed by atoms with van der Waals surface area (Å²) in [5, 5.41) is 0. The summed E-state index contributed by atoms with van der Waals surface area (Å²) in [6.07, 6.45) is 1.19. The lowest BCUT2D eigenvalue weighted by molar-refractivity contribution is -0.228. The molecule has 0 unspecified atom stereocenters. The fourth-order valence-corrected chi connectivity index (χ4v) is 2.14. The summed E-state index contributed by atoms with van der Waals surface area (Å²) in [6, 6.07) is 2.76. The molecule has 1 aliphatic heterocycles. The predicted molar refractivity (Wildman–Crippen MR) is 74.6 cm³/mol. The number of benzene rings is 1. The summed E-state index contributed by atoms with van der Waals surface area (Å²) in [4.78, 5) is 0. The summed E-state index contributed by atoms with van der Waals surface area (Å²) < 4.78 is 52.0. The molecule has 1 aromatic rings. The van der Waals surface area contributed by atoms with Crippen molar-refractivity contribution in [1.82, 2.24) is 0 Å². The average Bonchev–Trinajstić information content (AvgIpc) is 2.43. The molecule has 2 rings (SSSR count). The van der Waals surface area contributed by atoms with Gasteiger partial charge in [0.25, 0.3) is 0 Å². The fraction of sp³-hybridized carbons (Fsp3) is 0.375. The molecule has 21 heavy (non-hydrogen) atoms. The molecule has 2 nitrogen and oxygen atoms in total. The first-order valence-corrected chi connectivity index (χ1v) is 6.83. The van der Waals surface area contributed by atoms with Gasteiger partial charge in [-0.3, -0.25) is 0 Å². The van der Waals surface area contributed by atoms with E-state index in [4.69, 9.17) is 4.74 Å². The number of fused-ring (bicyclic) bond motifs is 1. The Labute approximate surface area is 121 Å². The van der Waals surface area contributed by atoms with Gasteiger partial charge in [-0.1, -0.05) is 32.1 Å². The highest BCUT2D eigenvalue weighted by Gasteiger charge is 2.43. The highest BCUT2D eigenvalue weighted by atomic mass is 19.3. The second kappa shape index (κ2) is 6.24. The third-order valence-electron chi connectivity index (χ3n) is 3.14. The van der Waals surface area contributed by atoms with Crippen molar-refractivity contribution in [1.29, 1.82) is 0 Å². The normalized spacial score (nSPS) is 15.7. The Hall–Kier alpha value is -1.91. The largest absolute Gasteiger partial charge is 0.486 e. The van der Waals surface area contributed by atoms with Crippen LogP contribution < -0.4 is 4.74 Å². The first-order chi connectivity index (χ1) is 9.99. The minimum Gasteiger partial charge on any atom is -0.486 e. The van der Waals surface area contributed by atoms with E-state index < -0.39 is 17.5 Å². The molecular formula is C16H17F3O2. The van der Waals surface area contributed by atoms with Crippen molar-refractivity contribution in [2.24, 2.45) is 0 Å². The maximum atomic E-state index is 14.2. The van der Waals surface area contributed by atoms with Crippen LogP contribution in [0.3, 0.4) is 0 Å². The van der Waals surface area contributed by atoms with Crippen molar-refractivity contribution in [2.75, 3.05) is 6.61 Å². The van der Waals surface area contributed by atoms with Gasteiger partial charge in [-0.2, -0.15) is 8.78 Å². The maximum absolute atomic E-state index is 14.2. The Bertz CT molecular complexity index is 565. The van der Waals surface area contributed by atoms with Crippen LogP contribution in [-0.4, -0.2) is 6.61 Å². The van der Waals surface area contributed by atoms with Crippen molar-refractivity contribution < 1.29 is 22.6 Å². The fourth-order valence-electron chi connectivity index (χ4n) is 2.14. The van der Waals surface area contributed by atoms with E-state index in [0.29, 0.717) is 6.42 Å². The molecule has 0 amide bonds. The molecule has 0 radical (unpaired) electrons. The lowest BCUT2D eigenvalue weighted by atomic mass is 10.0. The molecule has 0 spiro atoms. The van der Waals surface area contributed by atoms with Crippen molar-refractivity contribution in [3.8, 4) is 5.75 Å². The molecule has 0 N–H and O–H groups in total. The van der Waals surface area contributed by atoms with Crippen LogP contribution in [0.5, 0.6) is 5.75 Å². The zero-order valence-corrected chi connectivity index (χ0v) is 11.8. The van der Waals surface area contributed by atoms with E-state index in [0.717, 1.165) is 12.8 Å². The van der Waals surface area contributed by atoms with E-state index in [1.807, 2.05) is 6.92 Å². The van der Waals surface area contributed by atoms with Crippen LogP contribution in [0.1, 0.15) is 37.3 Å². The highest BCUT2D eigenvalue weighted by molar-refractivity contribution is 5.60. The second-order valence-electron chi connectivity index (χ2n) is 4.77. The average molecular weight is 298 g/mol. The van der Waals surface area contributed by atoms with Crippen molar-refractivity contribution in [3.63, 3.8) is 0 Å². The molecule has 0 aromatic heterocycles. The highest BCUT2D eigenvalue weighted by Crippen LogP contribution is 2.43. The van der Waals surface area contributed by atoms with Gasteiger partial charge >= 0.3 is 6.11 Å². The van der Waals surface area contributed by atoms with Crippen molar-refractivity contribution in [2.45, 2.75) is 32.3 Å². The monoisotopic (exact) mass is 298 g/mol. The van der Waals surface area contributed by atoms with E-state index in [1.165, 1.54) is 24.3 Å². The lowest BCUT2D eigenvalue weighted by Crippen LogP contribution is -2.24. The van der Waals surface area contributed by atoms with Crippen LogP contribution in [0.25, 0.3) is 6.08 Å². The quantitative estimate of drug-likeness (QED) is 0.688. The van der Waals surface area contributed by atoms with Crippen LogP contribution in [-0.2, 0) is 10.8 Å². The SMILES string of the molecule is C=CCOc1ccc2c(c1F)C(F)(F)OC(CCCC)=C2. The third-order valence-corrected chi connectivity index (χ3v) is 3.14. The Morgan fingerprint density at radius 2 is 2.14 bits per heavy atom. The first kappa shape index (κ1) is 15.5. The van der Waals surface area contributed by atoms with Crippen LogP contribution in [0.4, 0.5) is 13.2 Å². The number of hydrogen-bond donors (Lipinski definition) is 0. The molecule has 1 aliphatic rings. The number of alkyl halides is 2. The number of halogens is 3. The maximum Gasteiger partial charge on any atom is 0.430 e. The van der Waals surface area contributed by atoms with E-state index in [-0.39, 0.29) is 23.7 Å². The zero-order valence-electron chi connectivity index (χ0n) is 11.8. The van der Waals surface area contributed by atoms with Crippen LogP contribution in [0.2, 0.25) is 0 Å². The third kappa shape index (κ3) is 3.23. The van der Waals surface area contributed by atoms with Crippen LogP contribution in [0, 0.1) is 5.82 Å². The molecule has 0 aliphatic carbocycles. The molecule has 1 heterocycles. The van der Waals surface area contributed by atoms with Gasteiger partial charge in [0.2, 0.25) is 0 Å². The number of unbranched alkanes of at least 4 members (excludes halogenated alkanes) is 1. The summed E-state index contributed by atoms with van der Waals surface area (Å²) >= 11 is 0. The molecule has 0 bridgehead atoms. The summed E-state index contributed by atoms with van der Waals surface area (Å²) in [7, 11) is 0. The minimum absolute atomic E-state index is 0.0414. The molecular weight excluding hydrogens is 281 g/mol. The van der Waals surface area contributed by atoms with Gasteiger partial charge in [0.15, 0.2) is 11.6 Å². The molecule has 114 valence electrons. The van der Waals surface area contributed by atoms with Gasteiger partial charge in [0.05, 0.1) is 0 Å². The number of allylic oxidation sites excluding steroid dienone is 1. The van der Waals surface area contributed by atoms with E-state index >= 15 is 0 Å². The van der Waals surface area contributed by atoms with Crippen molar-refractivity contribution in [3.05, 3.63) is 47.5 Å². The number of ether oxygens (including phenoxy) is 2. The molecule has 0 saturated carbocycles. The molecule has 0 saturated heterocycles. The number of rotatable bonds is 6. The standard InChI is InChI=1S/C16H17F3O2/c1-3-5-6-12-10-11-7-8-13(20-9-4-2)15(17)14(11)16(18,19)21-12/h4,7-8,10H,2-3,5-6,9H2,1H3. The first-order valence-electron chi connectivity index (χ1n) is 6.83. The molecule has 0 atom stereocenters. The van der Waals surface area contributed by atoms with E-state index in [1.54, 1.807) is 0 Å². The Balaban J connectivity index is 2.40. The predicted octanol–water partition coefficient (Wildman–Crippen LogP) is 5.00. The number of hydrogen-bond acceptors (Lipinski definition) is 2. The van der Waals surface area contributed by atoms with Gasteiger partial charge in [0, 0.05) is 6.42 Å². The van der Waals surface area contributed by atoms with E-state index in [9.17, 15) is 13.2 Å². The summed E-state index contributed by atoms with van der Waals surface area (Å²) in [5.74, 6) is -1.15.